The van der Waals surface area contributed by atoms with Crippen molar-refractivity contribution >= 4 is 33.8 Å². The maximum Gasteiger partial charge on any atom is 0.255 e. The van der Waals surface area contributed by atoms with Crippen LogP contribution in [0.5, 0.6) is 0 Å². The van der Waals surface area contributed by atoms with Crippen LogP contribution in [0.25, 0.3) is 10.9 Å². The van der Waals surface area contributed by atoms with Crippen LogP contribution in [0.1, 0.15) is 33.2 Å². The van der Waals surface area contributed by atoms with Crippen LogP contribution >= 0.6 is 11.3 Å². The van der Waals surface area contributed by atoms with Crippen molar-refractivity contribution in [2.45, 2.75) is 18.4 Å². The highest BCUT2D eigenvalue weighted by atomic mass is 32.1. The average Bonchev–Trinajstić information content (AvgIpc) is 3.42. The summed E-state index contributed by atoms with van der Waals surface area (Å²) in [5.41, 5.74) is 5.44. The number of nitrogens with one attached hydrogen (secondary N) is 3. The third-order valence-electron chi connectivity index (χ3n) is 6.18. The number of carbonyl (C=O) groups is 1. The maximum atomic E-state index is 13.4. The van der Waals surface area contributed by atoms with Gasteiger partial charge in [0.2, 0.25) is 0 Å². The van der Waals surface area contributed by atoms with Crippen LogP contribution in [0.4, 0.5) is 5.69 Å². The summed E-state index contributed by atoms with van der Waals surface area (Å²) in [5.74, 6) is 0.215. The van der Waals surface area contributed by atoms with E-state index in [1.54, 1.807) is 11.3 Å². The van der Waals surface area contributed by atoms with E-state index in [2.05, 4.69) is 57.4 Å². The minimum atomic E-state index is -0.872. The molecule has 5 heteroatoms. The highest BCUT2D eigenvalue weighted by molar-refractivity contribution is 7.10. The number of anilines is 1. The van der Waals surface area contributed by atoms with E-state index in [0.717, 1.165) is 34.6 Å². The second kappa shape index (κ2) is 5.56. The number of rotatable bonds is 1. The minimum absolute atomic E-state index is 0.00534. The first-order valence-electron chi connectivity index (χ1n) is 9.51. The molecule has 28 heavy (non-hydrogen) atoms. The first-order valence-corrected chi connectivity index (χ1v) is 10.4. The zero-order chi connectivity index (χ0) is 18.9. The van der Waals surface area contributed by atoms with Gasteiger partial charge in [0.25, 0.3) is 5.91 Å². The molecule has 0 radical (unpaired) electrons. The van der Waals surface area contributed by atoms with Gasteiger partial charge in [-0.3, -0.25) is 10.1 Å². The van der Waals surface area contributed by atoms with E-state index >= 15 is 0 Å². The van der Waals surface area contributed by atoms with Gasteiger partial charge in [-0.05, 0) is 35.6 Å². The van der Waals surface area contributed by atoms with E-state index in [-0.39, 0.29) is 11.8 Å². The van der Waals surface area contributed by atoms with Gasteiger partial charge in [0.1, 0.15) is 0 Å². The van der Waals surface area contributed by atoms with Crippen LogP contribution in [0, 0.1) is 6.92 Å². The zero-order valence-electron chi connectivity index (χ0n) is 15.4. The fourth-order valence-corrected chi connectivity index (χ4v) is 5.74. The lowest BCUT2D eigenvalue weighted by Crippen LogP contribution is -2.54. The van der Waals surface area contributed by atoms with Crippen LogP contribution in [0.2, 0.25) is 0 Å². The summed E-state index contributed by atoms with van der Waals surface area (Å²) in [6.45, 7) is 2.76. The number of aromatic nitrogens is 1. The summed E-state index contributed by atoms with van der Waals surface area (Å²) >= 11 is 1.77. The van der Waals surface area contributed by atoms with Crippen molar-refractivity contribution < 1.29 is 4.79 Å². The van der Waals surface area contributed by atoms with Crippen molar-refractivity contribution in [1.82, 2.24) is 10.3 Å². The molecule has 2 aliphatic heterocycles. The molecule has 0 aliphatic carbocycles. The number of aryl methyl sites for hydroxylation is 1. The molecular weight excluding hydrogens is 366 g/mol. The van der Waals surface area contributed by atoms with Gasteiger partial charge < -0.3 is 10.3 Å². The van der Waals surface area contributed by atoms with E-state index < -0.39 is 5.54 Å². The zero-order valence-corrected chi connectivity index (χ0v) is 16.2. The molecule has 4 aromatic rings. The number of hydrogen-bond acceptors (Lipinski definition) is 3. The van der Waals surface area contributed by atoms with Crippen molar-refractivity contribution in [2.24, 2.45) is 0 Å². The molecule has 0 bridgehead atoms. The molecular formula is C23H19N3OS. The predicted molar refractivity (Wildman–Crippen MR) is 113 cm³/mol. The highest BCUT2D eigenvalue weighted by Gasteiger charge is 2.54. The lowest BCUT2D eigenvalue weighted by atomic mass is 9.77. The lowest BCUT2D eigenvalue weighted by Gasteiger charge is -2.37. The van der Waals surface area contributed by atoms with Gasteiger partial charge in [0.05, 0.1) is 5.69 Å². The van der Waals surface area contributed by atoms with Crippen LogP contribution < -0.4 is 10.6 Å². The summed E-state index contributed by atoms with van der Waals surface area (Å²) in [5, 5.41) is 10.1. The van der Waals surface area contributed by atoms with Crippen LogP contribution in [0.3, 0.4) is 0 Å². The van der Waals surface area contributed by atoms with Gasteiger partial charge in [-0.2, -0.15) is 0 Å². The van der Waals surface area contributed by atoms with Gasteiger partial charge in [-0.15, -0.1) is 11.3 Å². The molecule has 2 atom stereocenters. The average molecular weight is 385 g/mol. The normalized spacial score (nSPS) is 23.0. The molecule has 3 N–H and O–H groups in total. The number of para-hydroxylation sites is 2. The van der Waals surface area contributed by atoms with Gasteiger partial charge in [0, 0.05) is 39.5 Å². The Bertz CT molecular complexity index is 1240. The molecule has 0 unspecified atom stereocenters. The molecule has 0 fully saturated rings. The standard InChI is InChI=1S/C23H19N3OS/c1-13-6-4-8-16-20(13)26-22(27)23(16)21-19(14-7-2-3-9-17(14)25-21)15(12-24-23)18-10-5-11-28-18/h2-11,15,24-25H,12H2,1H3,(H,26,27)/t15-,23+/m0/s1. The minimum Gasteiger partial charge on any atom is -0.356 e. The summed E-state index contributed by atoms with van der Waals surface area (Å²) in [7, 11) is 0. The Morgan fingerprint density at radius 1 is 1.07 bits per heavy atom. The summed E-state index contributed by atoms with van der Waals surface area (Å²) in [6, 6.07) is 18.8. The number of hydrogen-bond donors (Lipinski definition) is 3. The van der Waals surface area contributed by atoms with Gasteiger partial charge in [-0.25, -0.2) is 0 Å². The monoisotopic (exact) mass is 385 g/mol. The molecule has 4 nitrogen and oxygen atoms in total. The Morgan fingerprint density at radius 2 is 1.96 bits per heavy atom. The number of amides is 1. The van der Waals surface area contributed by atoms with Gasteiger partial charge in [0.15, 0.2) is 5.54 Å². The molecule has 6 rings (SSSR count). The van der Waals surface area contributed by atoms with Crippen LogP contribution in [-0.2, 0) is 10.3 Å². The van der Waals surface area contributed by atoms with E-state index in [1.807, 2.05) is 25.1 Å². The topological polar surface area (TPSA) is 56.9 Å². The number of thiophene rings is 1. The molecule has 1 amide bonds. The Labute approximate surface area is 166 Å². The third-order valence-corrected chi connectivity index (χ3v) is 7.17. The molecule has 2 aromatic heterocycles. The third kappa shape index (κ3) is 1.90. The molecule has 2 aromatic carbocycles. The largest absolute Gasteiger partial charge is 0.356 e. The first kappa shape index (κ1) is 16.1. The number of aromatic amines is 1. The molecule has 4 heterocycles. The fourth-order valence-electron chi connectivity index (χ4n) is 4.90. The van der Waals surface area contributed by atoms with Crippen LogP contribution in [-0.4, -0.2) is 17.4 Å². The quantitative estimate of drug-likeness (QED) is 0.453. The summed E-state index contributed by atoms with van der Waals surface area (Å²) in [4.78, 5) is 18.3. The fraction of sp³-hybridized carbons (Fsp3) is 0.174. The molecule has 2 aliphatic rings. The highest BCUT2D eigenvalue weighted by Crippen LogP contribution is 2.50. The van der Waals surface area contributed by atoms with Crippen molar-refractivity contribution in [3.8, 4) is 0 Å². The smallest absolute Gasteiger partial charge is 0.255 e. The summed E-state index contributed by atoms with van der Waals surface area (Å²) in [6.07, 6.45) is 0. The van der Waals surface area contributed by atoms with Crippen molar-refractivity contribution in [3.63, 3.8) is 0 Å². The van der Waals surface area contributed by atoms with Gasteiger partial charge in [-0.1, -0.05) is 42.5 Å². The SMILES string of the molecule is Cc1cccc2c1NC(=O)[C@@]21NC[C@@H](c2cccs2)c2c1[nH]c1ccccc21. The van der Waals surface area contributed by atoms with Crippen molar-refractivity contribution in [2.75, 3.05) is 11.9 Å². The van der Waals surface area contributed by atoms with E-state index in [0.29, 0.717) is 0 Å². The Morgan fingerprint density at radius 3 is 2.82 bits per heavy atom. The Kier molecular flexibility index (Phi) is 3.20. The van der Waals surface area contributed by atoms with E-state index in [4.69, 9.17) is 0 Å². The number of carbonyl (C=O) groups excluding carboxylic acids is 1. The lowest BCUT2D eigenvalue weighted by molar-refractivity contribution is -0.120. The number of H-pyrrole nitrogens is 1. The second-order valence-corrected chi connectivity index (χ2v) is 8.59. The van der Waals surface area contributed by atoms with Crippen LogP contribution in [0.15, 0.2) is 60.0 Å². The number of benzene rings is 2. The second-order valence-electron chi connectivity index (χ2n) is 7.61. The molecule has 138 valence electrons. The van der Waals surface area contributed by atoms with Gasteiger partial charge >= 0.3 is 0 Å². The summed E-state index contributed by atoms with van der Waals surface area (Å²) < 4.78 is 0. The van der Waals surface area contributed by atoms with E-state index in [1.165, 1.54) is 15.8 Å². The molecule has 1 spiro atoms. The first-order chi connectivity index (χ1) is 13.7. The Balaban J connectivity index is 1.69. The Hall–Kier alpha value is -2.89. The maximum absolute atomic E-state index is 13.4. The van der Waals surface area contributed by atoms with Crippen molar-refractivity contribution in [3.05, 3.63) is 87.2 Å². The number of fused-ring (bicyclic) bond motifs is 6. The predicted octanol–water partition coefficient (Wildman–Crippen LogP) is 4.47. The van der Waals surface area contributed by atoms with E-state index in [9.17, 15) is 4.79 Å². The van der Waals surface area contributed by atoms with Crippen molar-refractivity contribution in [1.29, 1.82) is 0 Å². The molecule has 0 saturated carbocycles. The molecule has 0 saturated heterocycles.